The Morgan fingerprint density at radius 2 is 2.19 bits per heavy atom. The van der Waals surface area contributed by atoms with E-state index < -0.39 is 6.03 Å². The zero-order valence-electron chi connectivity index (χ0n) is 11.8. The van der Waals surface area contributed by atoms with Crippen LogP contribution in [0.25, 0.3) is 0 Å². The molecular weight excluding hydrogens is 272 g/mol. The smallest absolute Gasteiger partial charge is 0.324 e. The van der Waals surface area contributed by atoms with Crippen molar-refractivity contribution < 1.29 is 14.4 Å². The Hall–Kier alpha value is -2.57. The van der Waals surface area contributed by atoms with Crippen molar-refractivity contribution in [3.63, 3.8) is 0 Å². The molecule has 1 aliphatic rings. The molecule has 0 saturated carbocycles. The van der Waals surface area contributed by atoms with Crippen molar-refractivity contribution in [1.29, 1.82) is 0 Å². The molecular formula is C14H18N4O3. The standard InChI is InChI=1S/C14H18N4O3/c1-9-10(15)4-2-5-11(9)17-12(19)6-3-7-18-13(20)8-16-14(18)21/h2,4-5H,3,6-8,15H2,1H3,(H,16,21)(H,17,19). The first-order valence-electron chi connectivity index (χ1n) is 6.72. The van der Waals surface area contributed by atoms with Crippen LogP contribution in [0.2, 0.25) is 0 Å². The number of nitrogens with one attached hydrogen (secondary N) is 2. The molecule has 7 heteroatoms. The third-order valence-electron chi connectivity index (χ3n) is 3.37. The van der Waals surface area contributed by atoms with Crippen molar-refractivity contribution in [3.8, 4) is 0 Å². The molecule has 1 fully saturated rings. The fourth-order valence-corrected chi connectivity index (χ4v) is 2.08. The lowest BCUT2D eigenvalue weighted by atomic mass is 10.1. The highest BCUT2D eigenvalue weighted by molar-refractivity contribution is 6.02. The van der Waals surface area contributed by atoms with Crippen molar-refractivity contribution in [2.24, 2.45) is 0 Å². The molecule has 0 atom stereocenters. The first-order chi connectivity index (χ1) is 9.99. The molecule has 4 amide bonds. The molecule has 1 aromatic rings. The number of nitrogens with two attached hydrogens (primary N) is 1. The summed E-state index contributed by atoms with van der Waals surface area (Å²) in [5.74, 6) is -0.428. The van der Waals surface area contributed by atoms with E-state index in [0.29, 0.717) is 17.8 Å². The number of imide groups is 1. The topological polar surface area (TPSA) is 105 Å². The van der Waals surface area contributed by atoms with Crippen LogP contribution in [-0.2, 0) is 9.59 Å². The van der Waals surface area contributed by atoms with Gasteiger partial charge >= 0.3 is 6.03 Å². The van der Waals surface area contributed by atoms with E-state index in [2.05, 4.69) is 10.6 Å². The van der Waals surface area contributed by atoms with Gasteiger partial charge in [0.1, 0.15) is 0 Å². The average molecular weight is 290 g/mol. The van der Waals surface area contributed by atoms with Crippen molar-refractivity contribution in [2.45, 2.75) is 19.8 Å². The molecule has 0 unspecified atom stereocenters. The molecule has 0 spiro atoms. The molecule has 0 aromatic heterocycles. The van der Waals surface area contributed by atoms with E-state index in [1.165, 1.54) is 0 Å². The van der Waals surface area contributed by atoms with Gasteiger partial charge in [-0.3, -0.25) is 14.5 Å². The van der Waals surface area contributed by atoms with Crippen molar-refractivity contribution in [1.82, 2.24) is 10.2 Å². The maximum absolute atomic E-state index is 11.9. The Labute approximate surface area is 122 Å². The number of benzene rings is 1. The number of hydrogen-bond acceptors (Lipinski definition) is 4. The quantitative estimate of drug-likeness (QED) is 0.552. The lowest BCUT2D eigenvalue weighted by Gasteiger charge is -2.13. The third-order valence-corrected chi connectivity index (χ3v) is 3.37. The molecule has 1 saturated heterocycles. The van der Waals surface area contributed by atoms with Gasteiger partial charge in [-0.25, -0.2) is 4.79 Å². The highest BCUT2D eigenvalue weighted by atomic mass is 16.2. The normalized spacial score (nSPS) is 14.2. The lowest BCUT2D eigenvalue weighted by molar-refractivity contribution is -0.125. The summed E-state index contributed by atoms with van der Waals surface area (Å²) < 4.78 is 0. The fourth-order valence-electron chi connectivity index (χ4n) is 2.08. The molecule has 0 aliphatic carbocycles. The Morgan fingerprint density at radius 3 is 2.86 bits per heavy atom. The van der Waals surface area contributed by atoms with Gasteiger partial charge in [0, 0.05) is 24.3 Å². The maximum Gasteiger partial charge on any atom is 0.324 e. The molecule has 7 nitrogen and oxygen atoms in total. The zero-order chi connectivity index (χ0) is 15.4. The van der Waals surface area contributed by atoms with Gasteiger partial charge in [-0.05, 0) is 31.0 Å². The van der Waals surface area contributed by atoms with Crippen LogP contribution in [0.5, 0.6) is 0 Å². The Bertz CT molecular complexity index is 570. The molecule has 4 N–H and O–H groups in total. The van der Waals surface area contributed by atoms with Crippen molar-refractivity contribution in [3.05, 3.63) is 23.8 Å². The van der Waals surface area contributed by atoms with Crippen LogP contribution in [0.15, 0.2) is 18.2 Å². The van der Waals surface area contributed by atoms with Crippen LogP contribution < -0.4 is 16.4 Å². The largest absolute Gasteiger partial charge is 0.398 e. The molecule has 21 heavy (non-hydrogen) atoms. The fraction of sp³-hybridized carbons (Fsp3) is 0.357. The van der Waals surface area contributed by atoms with Gasteiger partial charge in [-0.2, -0.15) is 0 Å². The van der Waals surface area contributed by atoms with E-state index >= 15 is 0 Å². The molecule has 0 radical (unpaired) electrons. The van der Waals surface area contributed by atoms with Gasteiger partial charge in [-0.1, -0.05) is 6.07 Å². The number of carbonyl (C=O) groups excluding carboxylic acids is 3. The summed E-state index contributed by atoms with van der Waals surface area (Å²) in [7, 11) is 0. The first kappa shape index (κ1) is 14.8. The predicted octanol–water partition coefficient (Wildman–Crippen LogP) is 0.848. The minimum Gasteiger partial charge on any atom is -0.398 e. The SMILES string of the molecule is Cc1c(N)cccc1NC(=O)CCCN1C(=O)CNC1=O. The number of nitrogen functional groups attached to an aromatic ring is 1. The van der Waals surface area contributed by atoms with Gasteiger partial charge in [0.05, 0.1) is 6.54 Å². The molecule has 1 aliphatic heterocycles. The van der Waals surface area contributed by atoms with Crippen molar-refractivity contribution in [2.75, 3.05) is 24.1 Å². The van der Waals surface area contributed by atoms with Gasteiger partial charge in [0.15, 0.2) is 0 Å². The molecule has 0 bridgehead atoms. The second-order valence-corrected chi connectivity index (χ2v) is 4.88. The number of carbonyl (C=O) groups is 3. The van der Waals surface area contributed by atoms with Crippen LogP contribution in [0.4, 0.5) is 16.2 Å². The summed E-state index contributed by atoms with van der Waals surface area (Å²) in [5.41, 5.74) is 7.88. The number of anilines is 2. The molecule has 1 aromatic carbocycles. The van der Waals surface area contributed by atoms with Gasteiger partial charge in [-0.15, -0.1) is 0 Å². The highest BCUT2D eigenvalue weighted by Gasteiger charge is 2.27. The van der Waals surface area contributed by atoms with Gasteiger partial charge < -0.3 is 16.4 Å². The number of urea groups is 1. The summed E-state index contributed by atoms with van der Waals surface area (Å²) in [6.07, 6.45) is 0.650. The van der Waals surface area contributed by atoms with Crippen molar-refractivity contribution >= 4 is 29.2 Å². The zero-order valence-corrected chi connectivity index (χ0v) is 11.8. The second-order valence-electron chi connectivity index (χ2n) is 4.88. The number of nitrogens with zero attached hydrogens (tertiary/aromatic N) is 1. The molecule has 2 rings (SSSR count). The first-order valence-corrected chi connectivity index (χ1v) is 6.72. The number of rotatable bonds is 5. The van der Waals surface area contributed by atoms with Crippen LogP contribution in [0.3, 0.4) is 0 Å². The Morgan fingerprint density at radius 1 is 1.43 bits per heavy atom. The minimum atomic E-state index is -0.396. The van der Waals surface area contributed by atoms with E-state index in [1.807, 2.05) is 6.92 Å². The third kappa shape index (κ3) is 3.50. The van der Waals surface area contributed by atoms with E-state index in [4.69, 9.17) is 5.73 Å². The minimum absolute atomic E-state index is 0.0352. The van der Waals surface area contributed by atoms with E-state index in [9.17, 15) is 14.4 Å². The van der Waals surface area contributed by atoms with Gasteiger partial charge in [0.2, 0.25) is 11.8 Å². The predicted molar refractivity (Wildman–Crippen MR) is 78.6 cm³/mol. The Balaban J connectivity index is 1.81. The highest BCUT2D eigenvalue weighted by Crippen LogP contribution is 2.20. The van der Waals surface area contributed by atoms with E-state index in [-0.39, 0.29) is 31.3 Å². The molecule has 112 valence electrons. The summed E-state index contributed by atoms with van der Waals surface area (Å²) in [6, 6.07) is 4.92. The van der Waals surface area contributed by atoms with Crippen LogP contribution in [0, 0.1) is 6.92 Å². The van der Waals surface area contributed by atoms with Crippen LogP contribution >= 0.6 is 0 Å². The number of amides is 4. The maximum atomic E-state index is 11.9. The number of hydrogen-bond donors (Lipinski definition) is 3. The average Bonchev–Trinajstić information content (AvgIpc) is 2.75. The second kappa shape index (κ2) is 6.25. The Kier molecular flexibility index (Phi) is 4.42. The summed E-state index contributed by atoms with van der Waals surface area (Å²) in [4.78, 5) is 35.7. The summed E-state index contributed by atoms with van der Waals surface area (Å²) in [6.45, 7) is 2.11. The van der Waals surface area contributed by atoms with Crippen LogP contribution in [0.1, 0.15) is 18.4 Å². The van der Waals surface area contributed by atoms with Crippen LogP contribution in [-0.4, -0.2) is 35.8 Å². The summed E-state index contributed by atoms with van der Waals surface area (Å²) >= 11 is 0. The van der Waals surface area contributed by atoms with Gasteiger partial charge in [0.25, 0.3) is 0 Å². The molecule has 1 heterocycles. The summed E-state index contributed by atoms with van der Waals surface area (Å²) in [5, 5.41) is 5.21. The van der Waals surface area contributed by atoms with E-state index in [0.717, 1.165) is 10.5 Å². The monoisotopic (exact) mass is 290 g/mol. The lowest BCUT2D eigenvalue weighted by Crippen LogP contribution is -2.32. The van der Waals surface area contributed by atoms with E-state index in [1.54, 1.807) is 18.2 Å².